The predicted octanol–water partition coefficient (Wildman–Crippen LogP) is 10.2. The number of aryl methyl sites for hydroxylation is 10. The Labute approximate surface area is 251 Å². The molecule has 212 valence electrons. The molecule has 0 unspecified atom stereocenters. The van der Waals surface area contributed by atoms with Gasteiger partial charge in [0.2, 0.25) is 0 Å². The van der Waals surface area contributed by atoms with Gasteiger partial charge in [0.1, 0.15) is 11.0 Å². The second-order valence-electron chi connectivity index (χ2n) is 11.1. The lowest BCUT2D eigenvalue weighted by Crippen LogP contribution is -1.93. The fourth-order valence-corrected chi connectivity index (χ4v) is 8.69. The monoisotopic (exact) mass is 590 g/mol. The molecule has 0 N–H and O–H groups in total. The fourth-order valence-electron chi connectivity index (χ4n) is 5.45. The van der Waals surface area contributed by atoms with Gasteiger partial charge in [-0.25, -0.2) is 0 Å². The Morgan fingerprint density at radius 3 is 1.40 bits per heavy atom. The van der Waals surface area contributed by atoms with Crippen LogP contribution in [0.25, 0.3) is 32.0 Å². The number of rotatable bonds is 0. The summed E-state index contributed by atoms with van der Waals surface area (Å²) < 4.78 is 6.03. The Kier molecular flexibility index (Phi) is 8.61. The van der Waals surface area contributed by atoms with Crippen molar-refractivity contribution in [2.45, 2.75) is 90.0 Å². The molecule has 0 aliphatic heterocycles. The highest BCUT2D eigenvalue weighted by molar-refractivity contribution is 7.24. The van der Waals surface area contributed by atoms with E-state index < -0.39 is 0 Å². The van der Waals surface area contributed by atoms with Crippen LogP contribution in [0, 0.1) is 90.0 Å². The van der Waals surface area contributed by atoms with Crippen LogP contribution in [0.4, 0.5) is 0 Å². The minimum atomic E-state index is 1.04. The van der Waals surface area contributed by atoms with Crippen LogP contribution < -0.4 is 0 Å². The molecule has 2 aromatic carbocycles. The molecule has 0 amide bonds. The fraction of sp³-hybridized carbons (Fsp3) is 0.424. The van der Waals surface area contributed by atoms with Crippen LogP contribution in [0.15, 0.2) is 0 Å². The number of thiophene rings is 2. The van der Waals surface area contributed by atoms with Crippen LogP contribution in [-0.2, 0) is 7.05 Å². The van der Waals surface area contributed by atoms with E-state index in [1.807, 2.05) is 29.7 Å². The van der Waals surface area contributed by atoms with Crippen molar-refractivity contribution in [3.05, 3.63) is 69.6 Å². The van der Waals surface area contributed by atoms with Gasteiger partial charge < -0.3 is 0 Å². The van der Waals surface area contributed by atoms with E-state index >= 15 is 0 Å². The number of benzene rings is 2. The van der Waals surface area contributed by atoms with Gasteiger partial charge >= 0.3 is 0 Å². The Balaban J connectivity index is 0.000000139. The summed E-state index contributed by atoms with van der Waals surface area (Å²) in [4.78, 5) is 7.40. The van der Waals surface area contributed by atoms with Gasteiger partial charge in [0.05, 0.1) is 5.52 Å². The van der Waals surface area contributed by atoms with Crippen molar-refractivity contribution in [3.63, 3.8) is 0 Å². The molecule has 6 rings (SSSR count). The van der Waals surface area contributed by atoms with Crippen molar-refractivity contribution in [3.8, 4) is 0 Å². The molecule has 4 heterocycles. The first-order valence-electron chi connectivity index (χ1n) is 13.7. The van der Waals surface area contributed by atoms with E-state index in [-0.39, 0.29) is 0 Å². The molecule has 7 heteroatoms. The minimum absolute atomic E-state index is 1.04. The second kappa shape index (κ2) is 11.3. The maximum atomic E-state index is 4.52. The van der Waals surface area contributed by atoms with E-state index in [9.17, 15) is 0 Å². The maximum Gasteiger partial charge on any atom is 0.116 e. The summed E-state index contributed by atoms with van der Waals surface area (Å²) in [6.07, 6.45) is 0. The first-order valence-corrected chi connectivity index (χ1v) is 16.1. The highest BCUT2D eigenvalue weighted by Gasteiger charge is 2.14. The summed E-state index contributed by atoms with van der Waals surface area (Å²) >= 11 is 5.47. The maximum absolute atomic E-state index is 4.52. The molecular formula is C33H42N4S3. The first kappa shape index (κ1) is 30.4. The SMILES string of the molecule is Cc1c(C)c(C)c2c(C)snc2c1C.Cc1c(C)c(C)c2nn(C)nc2c1C.Cc1sc2c(C)sc(C)c2c1C. The summed E-state index contributed by atoms with van der Waals surface area (Å²) in [5, 5.41) is 11.6. The van der Waals surface area contributed by atoms with Crippen LogP contribution in [0.2, 0.25) is 0 Å². The number of fused-ring (bicyclic) bond motifs is 3. The van der Waals surface area contributed by atoms with E-state index in [0.717, 1.165) is 11.0 Å². The number of hydrogen-bond acceptors (Lipinski definition) is 6. The molecule has 4 nitrogen and oxygen atoms in total. The van der Waals surface area contributed by atoms with Gasteiger partial charge in [0.15, 0.2) is 0 Å². The number of nitrogens with zero attached hydrogens (tertiary/aromatic N) is 4. The van der Waals surface area contributed by atoms with Crippen molar-refractivity contribution in [2.75, 3.05) is 0 Å². The molecule has 0 saturated carbocycles. The molecule has 0 atom stereocenters. The summed E-state index contributed by atoms with van der Waals surface area (Å²) in [5.74, 6) is 0. The molecule has 0 aliphatic rings. The molecule has 40 heavy (non-hydrogen) atoms. The topological polar surface area (TPSA) is 43.6 Å². The number of hydrogen-bond donors (Lipinski definition) is 0. The lowest BCUT2D eigenvalue weighted by atomic mass is 9.95. The molecule has 0 bridgehead atoms. The molecule has 0 saturated heterocycles. The van der Waals surface area contributed by atoms with E-state index in [4.69, 9.17) is 0 Å². The van der Waals surface area contributed by atoms with Crippen LogP contribution >= 0.6 is 34.2 Å². The third-order valence-electron chi connectivity index (χ3n) is 8.76. The summed E-state index contributed by atoms with van der Waals surface area (Å²) in [7, 11) is 1.86. The average molecular weight is 591 g/mol. The molecular weight excluding hydrogens is 549 g/mol. The molecule has 0 spiro atoms. The summed E-state index contributed by atoms with van der Waals surface area (Å²) in [5.41, 5.74) is 15.4. The van der Waals surface area contributed by atoms with E-state index in [1.54, 1.807) is 16.3 Å². The standard InChI is InChI=1S/C12H15NS.C11H15N3.C10H12S2/c1-6-7(2)9(4)12-11(8(6)3)10(5)14-13-12;1-6-7(2)9(4)11-10(8(6)3)12-14(5)13-11;1-5-6(2)12-10-8(4)11-7(3)9(5)10/h2*1-5H3;1-4H3. The highest BCUT2D eigenvalue weighted by atomic mass is 32.1. The summed E-state index contributed by atoms with van der Waals surface area (Å²) in [6.45, 7) is 28.3. The van der Waals surface area contributed by atoms with Crippen LogP contribution in [-0.4, -0.2) is 19.4 Å². The molecule has 6 aromatic rings. The average Bonchev–Trinajstić information content (AvgIpc) is 3.65. The van der Waals surface area contributed by atoms with Crippen molar-refractivity contribution in [2.24, 2.45) is 7.05 Å². The Morgan fingerprint density at radius 2 is 0.900 bits per heavy atom. The van der Waals surface area contributed by atoms with Gasteiger partial charge in [-0.3, -0.25) is 0 Å². The van der Waals surface area contributed by atoms with Crippen molar-refractivity contribution < 1.29 is 0 Å². The largest absolute Gasteiger partial charge is 0.192 e. The van der Waals surface area contributed by atoms with Gasteiger partial charge in [-0.15, -0.1) is 22.7 Å². The van der Waals surface area contributed by atoms with E-state index in [1.165, 1.54) is 90.6 Å². The Bertz CT molecular complexity index is 1830. The zero-order valence-corrected chi connectivity index (χ0v) is 29.0. The quantitative estimate of drug-likeness (QED) is 0.177. The van der Waals surface area contributed by atoms with Crippen molar-refractivity contribution in [1.29, 1.82) is 0 Å². The van der Waals surface area contributed by atoms with Crippen LogP contribution in [0.3, 0.4) is 0 Å². The van der Waals surface area contributed by atoms with E-state index in [0.29, 0.717) is 0 Å². The smallest absolute Gasteiger partial charge is 0.116 e. The van der Waals surface area contributed by atoms with Gasteiger partial charge in [-0.05, 0) is 152 Å². The third kappa shape index (κ3) is 5.12. The Hall–Kier alpha value is -2.61. The molecule has 0 fully saturated rings. The molecule has 4 aromatic heterocycles. The van der Waals surface area contributed by atoms with Gasteiger partial charge in [-0.1, -0.05) is 0 Å². The zero-order valence-electron chi connectivity index (χ0n) is 26.5. The molecule has 0 radical (unpaired) electrons. The predicted molar refractivity (Wildman–Crippen MR) is 179 cm³/mol. The van der Waals surface area contributed by atoms with Gasteiger partial charge in [0, 0.05) is 42.0 Å². The van der Waals surface area contributed by atoms with Crippen molar-refractivity contribution >= 4 is 66.2 Å². The van der Waals surface area contributed by atoms with E-state index in [2.05, 4.69) is 105 Å². The normalized spacial score (nSPS) is 11.2. The number of aromatic nitrogens is 4. The minimum Gasteiger partial charge on any atom is -0.192 e. The summed E-state index contributed by atoms with van der Waals surface area (Å²) in [6, 6.07) is 0. The van der Waals surface area contributed by atoms with Crippen LogP contribution in [0.5, 0.6) is 0 Å². The highest BCUT2D eigenvalue weighted by Crippen LogP contribution is 2.39. The van der Waals surface area contributed by atoms with Crippen LogP contribution in [0.1, 0.15) is 69.6 Å². The lowest BCUT2D eigenvalue weighted by Gasteiger charge is -2.10. The van der Waals surface area contributed by atoms with Crippen molar-refractivity contribution in [1.82, 2.24) is 19.4 Å². The van der Waals surface area contributed by atoms with Gasteiger partial charge in [0.25, 0.3) is 0 Å². The second-order valence-corrected chi connectivity index (χ2v) is 14.7. The zero-order chi connectivity index (χ0) is 29.8. The lowest BCUT2D eigenvalue weighted by molar-refractivity contribution is 0.664. The molecule has 0 aliphatic carbocycles. The van der Waals surface area contributed by atoms with Gasteiger partial charge in [-0.2, -0.15) is 19.4 Å². The first-order chi connectivity index (χ1) is 18.7. The third-order valence-corrected chi connectivity index (χ3v) is 12.0. The Morgan fingerprint density at radius 1 is 0.425 bits per heavy atom.